The van der Waals surface area contributed by atoms with Crippen molar-refractivity contribution in [2.75, 3.05) is 29.0 Å². The van der Waals surface area contributed by atoms with Gasteiger partial charge in [-0.3, -0.25) is 19.1 Å². The average molecular weight is 405 g/mol. The lowest BCUT2D eigenvalue weighted by Gasteiger charge is -2.27. The molecule has 1 aromatic heterocycles. The Morgan fingerprint density at radius 1 is 1.24 bits per heavy atom. The molecule has 0 aliphatic carbocycles. The number of halogens is 1. The van der Waals surface area contributed by atoms with Gasteiger partial charge in [0.05, 0.1) is 6.54 Å². The van der Waals surface area contributed by atoms with Gasteiger partial charge in [0.25, 0.3) is 5.56 Å². The zero-order valence-electron chi connectivity index (χ0n) is 17.2. The number of aromatic amines is 1. The van der Waals surface area contributed by atoms with E-state index in [1.54, 1.807) is 11.0 Å². The molecule has 8 nitrogen and oxygen atoms in total. The number of nitrogens with zero attached hydrogens (tertiary/aromatic N) is 2. The van der Waals surface area contributed by atoms with Crippen LogP contribution in [-0.4, -0.2) is 28.5 Å². The second kappa shape index (κ2) is 9.40. The highest BCUT2D eigenvalue weighted by molar-refractivity contribution is 5.94. The predicted molar refractivity (Wildman–Crippen MR) is 113 cm³/mol. The third-order valence-electron chi connectivity index (χ3n) is 4.11. The molecule has 0 radical (unpaired) electrons. The molecule has 2 aromatic rings. The number of aromatic nitrogens is 2. The van der Waals surface area contributed by atoms with Gasteiger partial charge in [-0.2, -0.15) is 0 Å². The smallest absolute Gasteiger partial charge is 0.330 e. The number of hydrogen-bond donors (Lipinski definition) is 3. The Morgan fingerprint density at radius 2 is 1.93 bits per heavy atom. The van der Waals surface area contributed by atoms with Crippen LogP contribution in [0.2, 0.25) is 0 Å². The fourth-order valence-electron chi connectivity index (χ4n) is 3.05. The third kappa shape index (κ3) is 5.94. The van der Waals surface area contributed by atoms with E-state index < -0.39 is 23.0 Å². The molecule has 158 valence electrons. The van der Waals surface area contributed by atoms with Crippen LogP contribution in [0, 0.1) is 17.7 Å². The first-order chi connectivity index (χ1) is 13.6. The van der Waals surface area contributed by atoms with Crippen molar-refractivity contribution in [1.29, 1.82) is 0 Å². The normalized spacial score (nSPS) is 11.1. The van der Waals surface area contributed by atoms with Crippen LogP contribution in [0.3, 0.4) is 0 Å². The van der Waals surface area contributed by atoms with E-state index in [2.05, 4.69) is 10.3 Å². The van der Waals surface area contributed by atoms with Crippen LogP contribution in [0.4, 0.5) is 21.6 Å². The summed E-state index contributed by atoms with van der Waals surface area (Å²) in [7, 11) is 0. The van der Waals surface area contributed by atoms with Gasteiger partial charge in [-0.25, -0.2) is 9.18 Å². The molecular weight excluding hydrogens is 377 g/mol. The highest BCUT2D eigenvalue weighted by atomic mass is 19.1. The largest absolute Gasteiger partial charge is 0.383 e. The number of H-pyrrole nitrogens is 1. The summed E-state index contributed by atoms with van der Waals surface area (Å²) in [5.74, 6) is -0.642. The molecule has 0 aliphatic rings. The van der Waals surface area contributed by atoms with Crippen molar-refractivity contribution in [2.24, 2.45) is 11.8 Å². The Bertz CT molecular complexity index is 981. The van der Waals surface area contributed by atoms with Gasteiger partial charge in [0.2, 0.25) is 5.91 Å². The zero-order valence-corrected chi connectivity index (χ0v) is 17.2. The lowest BCUT2D eigenvalue weighted by Crippen LogP contribution is -2.43. The van der Waals surface area contributed by atoms with E-state index in [-0.39, 0.29) is 29.9 Å². The lowest BCUT2D eigenvalue weighted by molar-refractivity contribution is -0.115. The minimum Gasteiger partial charge on any atom is -0.383 e. The van der Waals surface area contributed by atoms with E-state index in [4.69, 9.17) is 5.73 Å². The number of carbonyl (C=O) groups excluding carboxylic acids is 1. The van der Waals surface area contributed by atoms with E-state index in [0.717, 1.165) is 0 Å². The van der Waals surface area contributed by atoms with Gasteiger partial charge in [0, 0.05) is 18.8 Å². The second-order valence-electron chi connectivity index (χ2n) is 7.83. The number of hydrogen-bond acceptors (Lipinski definition) is 5. The fraction of sp³-hybridized carbons (Fsp3) is 0.450. The number of nitrogen functional groups attached to an aromatic ring is 1. The molecule has 1 heterocycles. The van der Waals surface area contributed by atoms with Crippen LogP contribution >= 0.6 is 0 Å². The number of amides is 1. The second-order valence-corrected chi connectivity index (χ2v) is 7.83. The molecule has 0 saturated heterocycles. The zero-order chi connectivity index (χ0) is 21.7. The van der Waals surface area contributed by atoms with Crippen molar-refractivity contribution >= 4 is 23.1 Å². The van der Waals surface area contributed by atoms with Crippen molar-refractivity contribution in [3.8, 4) is 0 Å². The Labute approximate surface area is 168 Å². The molecule has 0 spiro atoms. The molecule has 0 bridgehead atoms. The molecule has 2 rings (SSSR count). The number of anilines is 3. The van der Waals surface area contributed by atoms with Gasteiger partial charge in [-0.15, -0.1) is 0 Å². The summed E-state index contributed by atoms with van der Waals surface area (Å²) in [6, 6.07) is 5.53. The molecule has 9 heteroatoms. The van der Waals surface area contributed by atoms with Crippen LogP contribution in [0.5, 0.6) is 0 Å². The van der Waals surface area contributed by atoms with Crippen LogP contribution in [0.15, 0.2) is 33.9 Å². The number of carbonyl (C=O) groups is 1. The van der Waals surface area contributed by atoms with Crippen molar-refractivity contribution in [1.82, 2.24) is 9.55 Å². The molecule has 0 saturated carbocycles. The first-order valence-corrected chi connectivity index (χ1v) is 9.51. The molecule has 1 aromatic carbocycles. The molecule has 4 N–H and O–H groups in total. The van der Waals surface area contributed by atoms with E-state index in [1.807, 2.05) is 27.7 Å². The molecule has 29 heavy (non-hydrogen) atoms. The maximum absolute atomic E-state index is 13.4. The summed E-state index contributed by atoms with van der Waals surface area (Å²) < 4.78 is 14.7. The average Bonchev–Trinajstić information content (AvgIpc) is 2.57. The minimum atomic E-state index is -0.647. The first-order valence-electron chi connectivity index (χ1n) is 9.51. The summed E-state index contributed by atoms with van der Waals surface area (Å²) in [6.07, 6.45) is 0. The number of rotatable bonds is 8. The van der Waals surface area contributed by atoms with E-state index >= 15 is 0 Å². The molecule has 0 atom stereocenters. The fourth-order valence-corrected chi connectivity index (χ4v) is 3.05. The monoisotopic (exact) mass is 405 g/mol. The number of nitrogens with two attached hydrogens (primary N) is 1. The van der Waals surface area contributed by atoms with Gasteiger partial charge >= 0.3 is 5.69 Å². The maximum atomic E-state index is 13.4. The van der Waals surface area contributed by atoms with Crippen LogP contribution < -0.4 is 27.2 Å². The first kappa shape index (κ1) is 22.2. The summed E-state index contributed by atoms with van der Waals surface area (Å²) in [5.41, 5.74) is 5.34. The van der Waals surface area contributed by atoms with Crippen molar-refractivity contribution in [3.05, 3.63) is 50.9 Å². The summed E-state index contributed by atoms with van der Waals surface area (Å²) in [5, 5.41) is 2.61. The number of benzene rings is 1. The summed E-state index contributed by atoms with van der Waals surface area (Å²) in [4.78, 5) is 41.1. The Morgan fingerprint density at radius 3 is 2.52 bits per heavy atom. The molecule has 1 amide bonds. The van der Waals surface area contributed by atoms with Gasteiger partial charge in [0.15, 0.2) is 0 Å². The lowest BCUT2D eigenvalue weighted by atomic mass is 10.2. The Hall–Kier alpha value is -3.10. The van der Waals surface area contributed by atoms with Crippen LogP contribution in [-0.2, 0) is 11.3 Å². The Balaban J connectivity index is 2.38. The standard InChI is InChI=1S/C20H28FN5O3/c1-12(2)9-25(11-16(27)23-15-7-5-6-14(21)8-15)17-18(22)26(10-13(3)4)20(29)24-19(17)28/h5-8,12-13H,9-11,22H2,1-4H3,(H,23,27)(H,24,28,29). The van der Waals surface area contributed by atoms with E-state index in [9.17, 15) is 18.8 Å². The van der Waals surface area contributed by atoms with E-state index in [0.29, 0.717) is 18.8 Å². The van der Waals surface area contributed by atoms with E-state index in [1.165, 1.54) is 22.8 Å². The topological polar surface area (TPSA) is 113 Å². The van der Waals surface area contributed by atoms with Gasteiger partial charge < -0.3 is 16.0 Å². The SMILES string of the molecule is CC(C)CN(CC(=O)Nc1cccc(F)c1)c1c(N)n(CC(C)C)c(=O)[nH]c1=O. The van der Waals surface area contributed by atoms with Crippen molar-refractivity contribution < 1.29 is 9.18 Å². The highest BCUT2D eigenvalue weighted by Gasteiger charge is 2.22. The molecule has 0 unspecified atom stereocenters. The van der Waals surface area contributed by atoms with Gasteiger partial charge in [-0.05, 0) is 30.0 Å². The Kier molecular flexibility index (Phi) is 7.19. The van der Waals surface area contributed by atoms with Gasteiger partial charge in [0.1, 0.15) is 17.3 Å². The molecular formula is C20H28FN5O3. The third-order valence-corrected chi connectivity index (χ3v) is 4.11. The summed E-state index contributed by atoms with van der Waals surface area (Å²) >= 11 is 0. The van der Waals surface area contributed by atoms with Gasteiger partial charge in [-0.1, -0.05) is 33.8 Å². The highest BCUT2D eigenvalue weighted by Crippen LogP contribution is 2.19. The van der Waals surface area contributed by atoms with Crippen LogP contribution in [0.25, 0.3) is 0 Å². The molecule has 0 fully saturated rings. The van der Waals surface area contributed by atoms with Crippen molar-refractivity contribution in [2.45, 2.75) is 34.2 Å². The van der Waals surface area contributed by atoms with Crippen molar-refractivity contribution in [3.63, 3.8) is 0 Å². The quantitative estimate of drug-likeness (QED) is 0.622. The number of nitrogens with one attached hydrogen (secondary N) is 2. The summed E-state index contributed by atoms with van der Waals surface area (Å²) in [6.45, 7) is 8.24. The van der Waals surface area contributed by atoms with Crippen LogP contribution in [0.1, 0.15) is 27.7 Å². The molecule has 0 aliphatic heterocycles. The maximum Gasteiger partial charge on any atom is 0.330 e. The minimum absolute atomic E-state index is 0.0201. The predicted octanol–water partition coefficient (Wildman–Crippen LogP) is 2.02.